The minimum Gasteiger partial charge on any atom is -0.509 e. The van der Waals surface area contributed by atoms with Gasteiger partial charge in [-0.1, -0.05) is 19.1 Å². The number of carbonyl (C=O) groups excluding carboxylic acids is 2. The zero-order chi connectivity index (χ0) is 25.7. The molecule has 3 heterocycles. The summed E-state index contributed by atoms with van der Waals surface area (Å²) in [6.45, 7) is 2.80. The van der Waals surface area contributed by atoms with Crippen LogP contribution in [-0.4, -0.2) is 39.0 Å². The van der Waals surface area contributed by atoms with Gasteiger partial charge >= 0.3 is 6.18 Å². The van der Waals surface area contributed by atoms with Crippen molar-refractivity contribution in [3.8, 4) is 0 Å². The third-order valence-electron chi connectivity index (χ3n) is 6.40. The number of aryl methyl sites for hydroxylation is 1. The summed E-state index contributed by atoms with van der Waals surface area (Å²) in [5.74, 6) is -6.79. The minimum absolute atomic E-state index is 0.129. The molecule has 12 heteroatoms. The van der Waals surface area contributed by atoms with E-state index < -0.39 is 64.5 Å². The van der Waals surface area contributed by atoms with Crippen molar-refractivity contribution >= 4 is 17.5 Å². The van der Waals surface area contributed by atoms with Crippen molar-refractivity contribution in [2.24, 2.45) is 0 Å². The standard InChI is InChI=1S/C23H22F5N3O4/c1-3-22-8-5-9-31(22)30(11-13-6-4-7-14(24)17(13)25)21(34)16(18(22)32)20(33)29-15-10-12(2)35-19(15)23(26,27)28/h4,6-7,10,32H,3,5,8-9,11H2,1-2H3,(H,29,33)/t22-/m1/s1. The number of nitrogens with one attached hydrogen (secondary N) is 1. The number of rotatable bonds is 5. The van der Waals surface area contributed by atoms with Crippen molar-refractivity contribution in [3.63, 3.8) is 0 Å². The molecule has 1 fully saturated rings. The molecular weight excluding hydrogens is 477 g/mol. The Morgan fingerprint density at radius 2 is 2.00 bits per heavy atom. The maximum absolute atomic E-state index is 14.4. The molecule has 35 heavy (non-hydrogen) atoms. The van der Waals surface area contributed by atoms with Crippen LogP contribution < -0.4 is 5.32 Å². The van der Waals surface area contributed by atoms with Gasteiger partial charge in [-0.05, 0) is 32.3 Å². The van der Waals surface area contributed by atoms with Gasteiger partial charge in [0.05, 0.1) is 17.8 Å². The van der Waals surface area contributed by atoms with Crippen LogP contribution in [-0.2, 0) is 22.3 Å². The Hall–Kier alpha value is -3.41. The second-order valence-electron chi connectivity index (χ2n) is 8.46. The first kappa shape index (κ1) is 24.7. The lowest BCUT2D eigenvalue weighted by Gasteiger charge is -2.47. The molecule has 0 bridgehead atoms. The van der Waals surface area contributed by atoms with E-state index in [1.165, 1.54) is 24.1 Å². The number of aliphatic hydroxyl groups is 1. The lowest BCUT2D eigenvalue weighted by Crippen LogP contribution is -2.61. The van der Waals surface area contributed by atoms with E-state index in [1.54, 1.807) is 6.92 Å². The number of alkyl halides is 3. The van der Waals surface area contributed by atoms with Gasteiger partial charge in [0.1, 0.15) is 17.1 Å². The number of hydrogen-bond donors (Lipinski definition) is 2. The van der Waals surface area contributed by atoms with Crippen molar-refractivity contribution in [2.75, 3.05) is 11.9 Å². The molecule has 0 aliphatic carbocycles. The van der Waals surface area contributed by atoms with Gasteiger partial charge in [-0.25, -0.2) is 13.8 Å². The Morgan fingerprint density at radius 3 is 2.66 bits per heavy atom. The fraction of sp³-hybridized carbons (Fsp3) is 0.391. The molecule has 1 saturated heterocycles. The molecule has 0 radical (unpaired) electrons. The Morgan fingerprint density at radius 1 is 1.29 bits per heavy atom. The van der Waals surface area contributed by atoms with Crippen LogP contribution in [0.25, 0.3) is 0 Å². The lowest BCUT2D eigenvalue weighted by atomic mass is 9.86. The molecule has 1 atom stereocenters. The van der Waals surface area contributed by atoms with Gasteiger partial charge in [-0.15, -0.1) is 0 Å². The fourth-order valence-electron chi connectivity index (χ4n) is 4.75. The normalized spacial score (nSPS) is 21.0. The summed E-state index contributed by atoms with van der Waals surface area (Å²) in [7, 11) is 0. The van der Waals surface area contributed by atoms with E-state index in [2.05, 4.69) is 4.42 Å². The number of aliphatic hydroxyl groups excluding tert-OH is 1. The predicted molar refractivity (Wildman–Crippen MR) is 113 cm³/mol. The molecule has 0 spiro atoms. The zero-order valence-electron chi connectivity index (χ0n) is 18.8. The number of hydrogen-bond acceptors (Lipinski definition) is 5. The molecule has 2 aliphatic rings. The van der Waals surface area contributed by atoms with Crippen LogP contribution in [0, 0.1) is 18.6 Å². The summed E-state index contributed by atoms with van der Waals surface area (Å²) in [5, 5.41) is 15.6. The minimum atomic E-state index is -4.92. The second kappa shape index (κ2) is 8.67. The molecule has 0 saturated carbocycles. The van der Waals surface area contributed by atoms with Gasteiger partial charge < -0.3 is 14.8 Å². The van der Waals surface area contributed by atoms with Gasteiger partial charge in [0.15, 0.2) is 11.6 Å². The number of nitrogens with zero attached hydrogens (tertiary/aromatic N) is 2. The highest BCUT2D eigenvalue weighted by Gasteiger charge is 2.54. The first-order valence-electron chi connectivity index (χ1n) is 10.9. The highest BCUT2D eigenvalue weighted by molar-refractivity contribution is 6.23. The van der Waals surface area contributed by atoms with Gasteiger partial charge in [-0.2, -0.15) is 13.2 Å². The van der Waals surface area contributed by atoms with Crippen LogP contribution >= 0.6 is 0 Å². The van der Waals surface area contributed by atoms with Gasteiger partial charge in [-0.3, -0.25) is 14.6 Å². The first-order valence-corrected chi connectivity index (χ1v) is 10.9. The Kier molecular flexibility index (Phi) is 6.12. The molecule has 7 nitrogen and oxygen atoms in total. The molecule has 1 aromatic heterocycles. The monoisotopic (exact) mass is 499 g/mol. The summed E-state index contributed by atoms with van der Waals surface area (Å²) < 4.78 is 72.8. The number of furan rings is 1. The van der Waals surface area contributed by atoms with E-state index in [-0.39, 0.29) is 24.3 Å². The van der Waals surface area contributed by atoms with E-state index in [9.17, 15) is 36.6 Å². The molecule has 0 unspecified atom stereocenters. The molecular formula is C23H22F5N3O4. The highest BCUT2D eigenvalue weighted by atomic mass is 19.4. The van der Waals surface area contributed by atoms with Crippen LogP contribution in [0.3, 0.4) is 0 Å². The molecule has 2 aromatic rings. The van der Waals surface area contributed by atoms with Crippen molar-refractivity contribution in [3.05, 3.63) is 64.3 Å². The van der Waals surface area contributed by atoms with E-state index in [0.717, 1.165) is 17.1 Å². The molecule has 2 N–H and O–H groups in total. The summed E-state index contributed by atoms with van der Waals surface area (Å²) in [6.07, 6.45) is -3.83. The Balaban J connectivity index is 1.76. The first-order chi connectivity index (χ1) is 16.4. The molecule has 188 valence electrons. The van der Waals surface area contributed by atoms with E-state index >= 15 is 0 Å². The van der Waals surface area contributed by atoms with Crippen LogP contribution in [0.15, 0.2) is 40.0 Å². The number of benzene rings is 1. The largest absolute Gasteiger partial charge is 0.509 e. The van der Waals surface area contributed by atoms with E-state index in [1.807, 2.05) is 5.32 Å². The van der Waals surface area contributed by atoms with Crippen molar-refractivity contribution < 1.29 is 41.1 Å². The second-order valence-corrected chi connectivity index (χ2v) is 8.46. The van der Waals surface area contributed by atoms with Gasteiger partial charge in [0.2, 0.25) is 5.76 Å². The van der Waals surface area contributed by atoms with Gasteiger partial charge in [0, 0.05) is 18.2 Å². The predicted octanol–water partition coefficient (Wildman–Crippen LogP) is 4.84. The Bertz CT molecular complexity index is 1220. The maximum atomic E-state index is 14.4. The topological polar surface area (TPSA) is 86.0 Å². The third-order valence-corrected chi connectivity index (χ3v) is 6.40. The average molecular weight is 499 g/mol. The number of carbonyl (C=O) groups is 2. The van der Waals surface area contributed by atoms with Crippen LogP contribution in [0.4, 0.5) is 27.6 Å². The summed E-state index contributed by atoms with van der Waals surface area (Å²) in [5.41, 5.74) is -2.85. The van der Waals surface area contributed by atoms with Crippen molar-refractivity contribution in [1.29, 1.82) is 0 Å². The molecule has 2 aliphatic heterocycles. The summed E-state index contributed by atoms with van der Waals surface area (Å²) >= 11 is 0. The SMILES string of the molecule is CC[C@]12CCCN1N(Cc1cccc(F)c1F)C(=O)C(C(=O)Nc1cc(C)oc1C(F)(F)F)=C2O. The number of hydrazine groups is 1. The van der Waals surface area contributed by atoms with Crippen LogP contribution in [0.5, 0.6) is 0 Å². The van der Waals surface area contributed by atoms with E-state index in [0.29, 0.717) is 12.8 Å². The average Bonchev–Trinajstić information content (AvgIpc) is 3.38. The highest BCUT2D eigenvalue weighted by Crippen LogP contribution is 2.45. The van der Waals surface area contributed by atoms with Crippen molar-refractivity contribution in [1.82, 2.24) is 10.0 Å². The molecule has 4 rings (SSSR count). The van der Waals surface area contributed by atoms with Crippen LogP contribution in [0.2, 0.25) is 0 Å². The van der Waals surface area contributed by atoms with Gasteiger partial charge in [0.25, 0.3) is 11.8 Å². The fourth-order valence-corrected chi connectivity index (χ4v) is 4.75. The lowest BCUT2D eigenvalue weighted by molar-refractivity contribution is -0.162. The zero-order valence-corrected chi connectivity index (χ0v) is 18.8. The summed E-state index contributed by atoms with van der Waals surface area (Å²) in [6, 6.07) is 4.40. The quantitative estimate of drug-likeness (QED) is 0.455. The summed E-state index contributed by atoms with van der Waals surface area (Å²) in [4.78, 5) is 26.5. The number of anilines is 1. The molecule has 2 amide bonds. The number of amides is 2. The number of halogens is 5. The van der Waals surface area contributed by atoms with Crippen LogP contribution in [0.1, 0.15) is 43.3 Å². The Labute approximate surface area is 196 Å². The third kappa shape index (κ3) is 4.05. The maximum Gasteiger partial charge on any atom is 0.451 e. The van der Waals surface area contributed by atoms with E-state index in [4.69, 9.17) is 0 Å². The number of fused-ring (bicyclic) bond motifs is 1. The molecule has 1 aromatic carbocycles. The van der Waals surface area contributed by atoms with Crippen molar-refractivity contribution in [2.45, 2.75) is 51.4 Å². The smallest absolute Gasteiger partial charge is 0.451 e.